The van der Waals surface area contributed by atoms with Gasteiger partial charge in [-0.15, -0.1) is 0 Å². The molecule has 0 amide bonds. The summed E-state index contributed by atoms with van der Waals surface area (Å²) in [5, 5.41) is -0.0134. The summed E-state index contributed by atoms with van der Waals surface area (Å²) in [6.45, 7) is 0.284. The molecule has 0 aromatic heterocycles. The highest BCUT2D eigenvalue weighted by Gasteiger charge is 2.10. The van der Waals surface area contributed by atoms with Crippen LogP contribution in [0, 0.1) is 11.6 Å². The van der Waals surface area contributed by atoms with Crippen molar-refractivity contribution in [3.05, 3.63) is 62.6 Å². The molecule has 2 aromatic rings. The van der Waals surface area contributed by atoms with E-state index in [2.05, 4.69) is 15.9 Å². The van der Waals surface area contributed by atoms with Crippen molar-refractivity contribution in [2.75, 3.05) is 0 Å². The second kappa shape index (κ2) is 6.52. The lowest BCUT2D eigenvalue weighted by Crippen LogP contribution is -2.03. The van der Waals surface area contributed by atoms with Gasteiger partial charge in [0.05, 0.1) is 9.50 Å². The van der Waals surface area contributed by atoms with E-state index >= 15 is 0 Å². The Bertz CT molecular complexity index is 637. The molecule has 0 saturated heterocycles. The van der Waals surface area contributed by atoms with Crippen LogP contribution < -0.4 is 10.5 Å². The van der Waals surface area contributed by atoms with Crippen LogP contribution in [-0.2, 0) is 13.2 Å². The maximum atomic E-state index is 13.6. The van der Waals surface area contributed by atoms with E-state index in [0.717, 1.165) is 11.6 Å². The van der Waals surface area contributed by atoms with Gasteiger partial charge >= 0.3 is 0 Å². The first-order chi connectivity index (χ1) is 9.51. The van der Waals surface area contributed by atoms with Gasteiger partial charge in [-0.2, -0.15) is 0 Å². The molecule has 0 aliphatic carbocycles. The maximum Gasteiger partial charge on any atom is 0.145 e. The number of ether oxygens (including phenoxy) is 1. The molecule has 0 atom stereocenters. The molecule has 0 radical (unpaired) electrons. The fourth-order valence-electron chi connectivity index (χ4n) is 1.64. The van der Waals surface area contributed by atoms with Gasteiger partial charge in [0.1, 0.15) is 24.0 Å². The van der Waals surface area contributed by atoms with Crippen molar-refractivity contribution < 1.29 is 13.5 Å². The zero-order chi connectivity index (χ0) is 14.7. The molecular formula is C14H11BrClF2NO. The summed E-state index contributed by atoms with van der Waals surface area (Å²) >= 11 is 8.85. The fourth-order valence-corrected chi connectivity index (χ4v) is 2.39. The van der Waals surface area contributed by atoms with E-state index < -0.39 is 11.6 Å². The highest BCUT2D eigenvalue weighted by Crippen LogP contribution is 2.31. The van der Waals surface area contributed by atoms with E-state index in [4.69, 9.17) is 22.1 Å². The highest BCUT2D eigenvalue weighted by molar-refractivity contribution is 9.10. The molecule has 0 aliphatic heterocycles. The van der Waals surface area contributed by atoms with E-state index in [1.807, 2.05) is 0 Å². The summed E-state index contributed by atoms with van der Waals surface area (Å²) in [6, 6.07) is 7.10. The molecule has 0 aliphatic rings. The monoisotopic (exact) mass is 361 g/mol. The van der Waals surface area contributed by atoms with Crippen LogP contribution in [0.25, 0.3) is 0 Å². The first-order valence-corrected chi connectivity index (χ1v) is 6.93. The van der Waals surface area contributed by atoms with Crippen LogP contribution >= 0.6 is 27.5 Å². The van der Waals surface area contributed by atoms with Crippen molar-refractivity contribution in [3.63, 3.8) is 0 Å². The summed E-state index contributed by atoms with van der Waals surface area (Å²) < 4.78 is 32.9. The smallest absolute Gasteiger partial charge is 0.145 e. The Morgan fingerprint density at radius 2 is 1.90 bits per heavy atom. The summed E-state index contributed by atoms with van der Waals surface area (Å²) in [6.07, 6.45) is 0. The maximum absolute atomic E-state index is 13.6. The fraction of sp³-hybridized carbons (Fsp3) is 0.143. The van der Waals surface area contributed by atoms with Crippen molar-refractivity contribution in [1.29, 1.82) is 0 Å². The third-order valence-electron chi connectivity index (χ3n) is 2.70. The molecule has 20 heavy (non-hydrogen) atoms. The predicted octanol–water partition coefficient (Wildman–Crippen LogP) is 4.42. The van der Waals surface area contributed by atoms with E-state index in [1.165, 1.54) is 12.1 Å². The van der Waals surface area contributed by atoms with E-state index in [1.54, 1.807) is 12.1 Å². The number of nitrogens with two attached hydrogens (primary N) is 1. The largest absolute Gasteiger partial charge is 0.488 e. The van der Waals surface area contributed by atoms with Crippen LogP contribution in [0.5, 0.6) is 5.75 Å². The van der Waals surface area contributed by atoms with E-state index in [9.17, 15) is 8.78 Å². The van der Waals surface area contributed by atoms with Crippen molar-refractivity contribution in [3.8, 4) is 5.75 Å². The van der Waals surface area contributed by atoms with Crippen LogP contribution in [0.4, 0.5) is 8.78 Å². The quantitative estimate of drug-likeness (QED) is 0.817. The van der Waals surface area contributed by atoms with Crippen LogP contribution in [0.3, 0.4) is 0 Å². The van der Waals surface area contributed by atoms with Crippen LogP contribution in [0.15, 0.2) is 34.8 Å². The van der Waals surface area contributed by atoms with Gasteiger partial charge in [-0.25, -0.2) is 8.78 Å². The average molecular weight is 363 g/mol. The summed E-state index contributed by atoms with van der Waals surface area (Å²) in [4.78, 5) is 0. The number of hydrogen-bond donors (Lipinski definition) is 1. The standard InChI is InChI=1S/C14H11BrClF2NO/c15-10-4-11(16)13(18)5-14(10)20-7-9-3-8(6-19)1-2-12(9)17/h1-5H,6-7,19H2. The molecule has 106 valence electrons. The topological polar surface area (TPSA) is 35.2 Å². The molecule has 0 saturated carbocycles. The lowest BCUT2D eigenvalue weighted by molar-refractivity contribution is 0.296. The van der Waals surface area contributed by atoms with Gasteiger partial charge in [0.2, 0.25) is 0 Å². The zero-order valence-corrected chi connectivity index (χ0v) is 12.6. The molecule has 0 unspecified atom stereocenters. The lowest BCUT2D eigenvalue weighted by Gasteiger charge is -2.10. The Kier molecular flexibility index (Phi) is 4.96. The van der Waals surface area contributed by atoms with Crippen molar-refractivity contribution in [1.82, 2.24) is 0 Å². The molecule has 2 rings (SSSR count). The second-order valence-electron chi connectivity index (χ2n) is 4.12. The molecular weight excluding hydrogens is 352 g/mol. The first-order valence-electron chi connectivity index (χ1n) is 5.76. The molecule has 6 heteroatoms. The van der Waals surface area contributed by atoms with Crippen molar-refractivity contribution in [2.45, 2.75) is 13.2 Å². The number of benzene rings is 2. The van der Waals surface area contributed by atoms with Crippen molar-refractivity contribution >= 4 is 27.5 Å². The SMILES string of the molecule is NCc1ccc(F)c(COc2cc(F)c(Cl)cc2Br)c1. The minimum absolute atomic E-state index is 0.0134. The van der Waals surface area contributed by atoms with Gasteiger partial charge in [0, 0.05) is 18.2 Å². The normalized spacial score (nSPS) is 10.7. The van der Waals surface area contributed by atoms with Gasteiger partial charge in [0.25, 0.3) is 0 Å². The Labute approximate surface area is 128 Å². The first kappa shape index (κ1) is 15.2. The van der Waals surface area contributed by atoms with Crippen LogP contribution in [0.2, 0.25) is 5.02 Å². The Morgan fingerprint density at radius 1 is 1.15 bits per heavy atom. The van der Waals surface area contributed by atoms with E-state index in [-0.39, 0.29) is 17.4 Å². The number of halogens is 4. The minimum Gasteiger partial charge on any atom is -0.488 e. The highest BCUT2D eigenvalue weighted by atomic mass is 79.9. The van der Waals surface area contributed by atoms with Gasteiger partial charge in [-0.3, -0.25) is 0 Å². The predicted molar refractivity (Wildman–Crippen MR) is 77.7 cm³/mol. The molecule has 0 bridgehead atoms. The van der Waals surface area contributed by atoms with Gasteiger partial charge in [-0.1, -0.05) is 17.7 Å². The average Bonchev–Trinajstić information content (AvgIpc) is 2.43. The molecule has 0 spiro atoms. The zero-order valence-electron chi connectivity index (χ0n) is 10.3. The third-order valence-corrected chi connectivity index (χ3v) is 3.61. The van der Waals surface area contributed by atoms with Gasteiger partial charge in [0.15, 0.2) is 0 Å². The van der Waals surface area contributed by atoms with Crippen LogP contribution in [0.1, 0.15) is 11.1 Å². The van der Waals surface area contributed by atoms with Crippen molar-refractivity contribution in [2.24, 2.45) is 5.73 Å². The molecule has 0 heterocycles. The summed E-state index contributed by atoms with van der Waals surface area (Å²) in [7, 11) is 0. The molecule has 2 N–H and O–H groups in total. The molecule has 0 fully saturated rings. The third kappa shape index (κ3) is 3.48. The molecule has 2 nitrogen and oxygen atoms in total. The second-order valence-corrected chi connectivity index (χ2v) is 5.38. The lowest BCUT2D eigenvalue weighted by atomic mass is 10.1. The van der Waals surface area contributed by atoms with Crippen LogP contribution in [-0.4, -0.2) is 0 Å². The molecule has 2 aromatic carbocycles. The Hall–Kier alpha value is -1.17. The van der Waals surface area contributed by atoms with E-state index in [0.29, 0.717) is 16.6 Å². The summed E-state index contributed by atoms with van der Waals surface area (Å²) in [5.41, 5.74) is 6.66. The summed E-state index contributed by atoms with van der Waals surface area (Å²) in [5.74, 6) is -0.738. The van der Waals surface area contributed by atoms with Gasteiger partial charge < -0.3 is 10.5 Å². The number of hydrogen-bond acceptors (Lipinski definition) is 2. The Balaban J connectivity index is 2.18. The number of rotatable bonds is 4. The van der Waals surface area contributed by atoms with Gasteiger partial charge in [-0.05, 0) is 39.7 Å². The minimum atomic E-state index is -0.596. The Morgan fingerprint density at radius 3 is 2.60 bits per heavy atom.